The van der Waals surface area contributed by atoms with E-state index in [1.807, 2.05) is 0 Å². The molecule has 124 valence electrons. The molecule has 5 heteroatoms. The number of carbonyl (C=O) groups is 2. The predicted molar refractivity (Wildman–Crippen MR) is 86.2 cm³/mol. The lowest BCUT2D eigenvalue weighted by Crippen LogP contribution is -2.47. The average Bonchev–Trinajstić information content (AvgIpc) is 2.41. The average molecular weight is 309 g/mol. The molecule has 0 spiro atoms. The fourth-order valence-electron chi connectivity index (χ4n) is 1.53. The van der Waals surface area contributed by atoms with Crippen molar-refractivity contribution in [2.75, 3.05) is 7.11 Å². The van der Waals surface area contributed by atoms with E-state index in [1.165, 1.54) is 7.11 Å². The van der Waals surface area contributed by atoms with Crippen molar-refractivity contribution in [3.8, 4) is 11.8 Å². The Bertz CT molecular complexity index is 452. The van der Waals surface area contributed by atoms with Gasteiger partial charge in [-0.25, -0.2) is 9.59 Å². The predicted octanol–water partition coefficient (Wildman–Crippen LogP) is 3.05. The van der Waals surface area contributed by atoms with Gasteiger partial charge in [-0.2, -0.15) is 0 Å². The van der Waals surface area contributed by atoms with Crippen LogP contribution in [0.4, 0.5) is 4.79 Å². The molecule has 0 radical (unpaired) electrons. The lowest BCUT2D eigenvalue weighted by atomic mass is 10.0. The smallest absolute Gasteiger partial charge is 0.408 e. The number of nitrogens with one attached hydrogen (secondary N) is 1. The Labute approximate surface area is 133 Å². The van der Waals surface area contributed by atoms with E-state index in [9.17, 15) is 9.59 Å². The van der Waals surface area contributed by atoms with E-state index in [0.717, 1.165) is 12.8 Å². The van der Waals surface area contributed by atoms with Crippen LogP contribution in [0.2, 0.25) is 0 Å². The largest absolute Gasteiger partial charge is 0.467 e. The highest BCUT2D eigenvalue weighted by Gasteiger charge is 2.28. The molecule has 0 bridgehead atoms. The van der Waals surface area contributed by atoms with Crippen LogP contribution in [0.5, 0.6) is 0 Å². The molecular formula is C17H27NO4. The van der Waals surface area contributed by atoms with Crippen molar-refractivity contribution in [2.24, 2.45) is 5.92 Å². The number of rotatable bonds is 5. The molecule has 0 aliphatic heterocycles. The van der Waals surface area contributed by atoms with Crippen molar-refractivity contribution < 1.29 is 19.1 Å². The summed E-state index contributed by atoms with van der Waals surface area (Å²) in [4.78, 5) is 23.6. The maximum Gasteiger partial charge on any atom is 0.408 e. The highest BCUT2D eigenvalue weighted by Crippen LogP contribution is 2.10. The zero-order chi connectivity index (χ0) is 17.2. The Hall–Kier alpha value is -1.96. The molecule has 5 nitrogen and oxygen atoms in total. The summed E-state index contributed by atoms with van der Waals surface area (Å²) in [6.45, 7) is 9.13. The van der Waals surface area contributed by atoms with E-state index in [4.69, 9.17) is 9.47 Å². The van der Waals surface area contributed by atoms with Crippen molar-refractivity contribution in [1.82, 2.24) is 5.32 Å². The molecule has 22 heavy (non-hydrogen) atoms. The van der Waals surface area contributed by atoms with Gasteiger partial charge in [0.15, 0.2) is 0 Å². The van der Waals surface area contributed by atoms with Gasteiger partial charge in [-0.15, -0.1) is 0 Å². The second-order valence-electron chi connectivity index (χ2n) is 5.94. The molecule has 0 aromatic carbocycles. The Morgan fingerprint density at radius 2 is 1.95 bits per heavy atom. The van der Waals surface area contributed by atoms with Crippen molar-refractivity contribution in [2.45, 2.75) is 59.1 Å². The number of esters is 1. The summed E-state index contributed by atoms with van der Waals surface area (Å²) in [5.41, 5.74) is -0.630. The number of ether oxygens (including phenoxy) is 2. The summed E-state index contributed by atoms with van der Waals surface area (Å²) in [6.07, 6.45) is 4.63. The molecule has 0 aromatic heterocycles. The van der Waals surface area contributed by atoms with Gasteiger partial charge in [0.05, 0.1) is 7.11 Å². The van der Waals surface area contributed by atoms with Gasteiger partial charge in [0.25, 0.3) is 0 Å². The number of amides is 1. The number of hydrogen-bond donors (Lipinski definition) is 1. The van der Waals surface area contributed by atoms with Gasteiger partial charge in [0.1, 0.15) is 11.6 Å². The van der Waals surface area contributed by atoms with Crippen LogP contribution in [0, 0.1) is 17.8 Å². The van der Waals surface area contributed by atoms with E-state index in [2.05, 4.69) is 24.1 Å². The minimum absolute atomic E-state index is 0.268. The maximum atomic E-state index is 11.8. The standard InChI is InChI=1S/C17H27NO4/c1-7-8-9-10-11-12-13(2)14(15(19)21-6)18-16(20)22-17(3,4)5/h11-14H,7-8H2,1-6H3,(H,18,20)/b12-11+/t13-,14+/m1/s1. The van der Waals surface area contributed by atoms with Gasteiger partial charge in [-0.3, -0.25) is 0 Å². The van der Waals surface area contributed by atoms with E-state index >= 15 is 0 Å². The summed E-state index contributed by atoms with van der Waals surface area (Å²) in [5.74, 6) is 5.08. The molecule has 0 rings (SSSR count). The van der Waals surface area contributed by atoms with Gasteiger partial charge in [-0.05, 0) is 33.3 Å². The van der Waals surface area contributed by atoms with Crippen LogP contribution in [0.3, 0.4) is 0 Å². The zero-order valence-corrected chi connectivity index (χ0v) is 14.4. The van der Waals surface area contributed by atoms with Gasteiger partial charge in [0, 0.05) is 12.3 Å². The molecule has 0 aromatic rings. The summed E-state index contributed by atoms with van der Waals surface area (Å²) >= 11 is 0. The first-order chi connectivity index (χ1) is 10.2. The van der Waals surface area contributed by atoms with Crippen LogP contribution in [0.1, 0.15) is 47.5 Å². The summed E-state index contributed by atoms with van der Waals surface area (Å²) in [7, 11) is 1.28. The zero-order valence-electron chi connectivity index (χ0n) is 14.4. The third-order valence-electron chi connectivity index (χ3n) is 2.61. The molecule has 0 fully saturated rings. The maximum absolute atomic E-state index is 11.8. The Morgan fingerprint density at radius 1 is 1.32 bits per heavy atom. The van der Waals surface area contributed by atoms with Crippen LogP contribution in [0.25, 0.3) is 0 Å². The molecule has 0 saturated carbocycles. The first-order valence-corrected chi connectivity index (χ1v) is 7.43. The number of alkyl carbamates (subject to hydrolysis) is 1. The highest BCUT2D eigenvalue weighted by atomic mass is 16.6. The van der Waals surface area contributed by atoms with Crippen LogP contribution < -0.4 is 5.32 Å². The lowest BCUT2D eigenvalue weighted by molar-refractivity contribution is -0.144. The van der Waals surface area contributed by atoms with Gasteiger partial charge in [-0.1, -0.05) is 31.8 Å². The molecular weight excluding hydrogens is 282 g/mol. The van der Waals surface area contributed by atoms with Crippen LogP contribution >= 0.6 is 0 Å². The Morgan fingerprint density at radius 3 is 2.45 bits per heavy atom. The van der Waals surface area contributed by atoms with Crippen molar-refractivity contribution in [3.63, 3.8) is 0 Å². The van der Waals surface area contributed by atoms with Crippen molar-refractivity contribution >= 4 is 12.1 Å². The fourth-order valence-corrected chi connectivity index (χ4v) is 1.53. The minimum Gasteiger partial charge on any atom is -0.467 e. The Balaban J connectivity index is 4.81. The van der Waals surface area contributed by atoms with Gasteiger partial charge in [0.2, 0.25) is 0 Å². The summed E-state index contributed by atoms with van der Waals surface area (Å²) in [6, 6.07) is -0.816. The second-order valence-corrected chi connectivity index (χ2v) is 5.94. The quantitative estimate of drug-likeness (QED) is 0.626. The number of carbonyl (C=O) groups excluding carboxylic acids is 2. The van der Waals surface area contributed by atoms with Crippen molar-refractivity contribution in [3.05, 3.63) is 12.2 Å². The molecule has 0 unspecified atom stereocenters. The third-order valence-corrected chi connectivity index (χ3v) is 2.61. The monoisotopic (exact) mass is 309 g/mol. The summed E-state index contributed by atoms with van der Waals surface area (Å²) in [5, 5.41) is 2.54. The normalized spacial score (nSPS) is 13.7. The lowest BCUT2D eigenvalue weighted by Gasteiger charge is -2.24. The summed E-state index contributed by atoms with van der Waals surface area (Å²) < 4.78 is 9.89. The number of unbranched alkanes of at least 4 members (excludes halogenated alkanes) is 1. The molecule has 2 atom stereocenters. The van der Waals surface area contributed by atoms with E-state index in [1.54, 1.807) is 39.8 Å². The molecule has 0 heterocycles. The highest BCUT2D eigenvalue weighted by molar-refractivity contribution is 5.81. The Kier molecular flexibility index (Phi) is 9.00. The van der Waals surface area contributed by atoms with Crippen LogP contribution in [0.15, 0.2) is 12.2 Å². The van der Waals surface area contributed by atoms with E-state index in [0.29, 0.717) is 0 Å². The van der Waals surface area contributed by atoms with Crippen molar-refractivity contribution in [1.29, 1.82) is 0 Å². The SMILES string of the molecule is CCCC#C/C=C/[C@@H](C)[C@H](NC(=O)OC(C)(C)C)C(=O)OC. The molecule has 1 N–H and O–H groups in total. The number of allylic oxidation sites excluding steroid dienone is 1. The molecule has 0 aliphatic rings. The number of hydrogen-bond acceptors (Lipinski definition) is 4. The molecule has 1 amide bonds. The third kappa shape index (κ3) is 9.06. The topological polar surface area (TPSA) is 64.6 Å². The van der Waals surface area contributed by atoms with E-state index in [-0.39, 0.29) is 5.92 Å². The van der Waals surface area contributed by atoms with Gasteiger partial charge >= 0.3 is 12.1 Å². The number of methoxy groups -OCH3 is 1. The fraction of sp³-hybridized carbons (Fsp3) is 0.647. The van der Waals surface area contributed by atoms with Gasteiger partial charge < -0.3 is 14.8 Å². The minimum atomic E-state index is -0.816. The first-order valence-electron chi connectivity index (χ1n) is 7.43. The van der Waals surface area contributed by atoms with Crippen LogP contribution in [-0.4, -0.2) is 30.8 Å². The van der Waals surface area contributed by atoms with E-state index < -0.39 is 23.7 Å². The molecule has 0 aliphatic carbocycles. The first kappa shape index (κ1) is 20.0. The van der Waals surface area contributed by atoms with Crippen LogP contribution in [-0.2, 0) is 14.3 Å². The second kappa shape index (κ2) is 9.88. The molecule has 0 saturated heterocycles.